The minimum Gasteiger partial charge on any atom is -0.478 e. The number of halogens is 1. The molecule has 94 valence electrons. The van der Waals surface area contributed by atoms with Crippen LogP contribution in [0.5, 0.6) is 0 Å². The zero-order chi connectivity index (χ0) is 13.4. The number of carboxylic acids is 1. The average molecular weight is 318 g/mol. The molecule has 0 fully saturated rings. The van der Waals surface area contributed by atoms with Crippen molar-refractivity contribution in [1.82, 2.24) is 4.98 Å². The summed E-state index contributed by atoms with van der Waals surface area (Å²) in [5.41, 5.74) is 2.12. The van der Waals surface area contributed by atoms with Crippen LogP contribution < -0.4 is 0 Å². The summed E-state index contributed by atoms with van der Waals surface area (Å²) in [5.74, 6) is -0.516. The third-order valence-corrected chi connectivity index (χ3v) is 3.43. The molecule has 0 saturated carbocycles. The van der Waals surface area contributed by atoms with Crippen molar-refractivity contribution in [2.45, 2.75) is 0 Å². The lowest BCUT2D eigenvalue weighted by atomic mass is 10.2. The van der Waals surface area contributed by atoms with Crippen molar-refractivity contribution in [3.05, 3.63) is 52.5 Å². The van der Waals surface area contributed by atoms with Crippen molar-refractivity contribution in [3.8, 4) is 11.5 Å². The summed E-state index contributed by atoms with van der Waals surface area (Å²) in [6.07, 6.45) is 0. The number of benzene rings is 2. The predicted molar refractivity (Wildman–Crippen MR) is 74.1 cm³/mol. The van der Waals surface area contributed by atoms with Gasteiger partial charge in [0.25, 0.3) is 0 Å². The summed E-state index contributed by atoms with van der Waals surface area (Å²) in [4.78, 5) is 15.2. The van der Waals surface area contributed by atoms with Crippen LogP contribution in [0.2, 0.25) is 0 Å². The van der Waals surface area contributed by atoms with Gasteiger partial charge >= 0.3 is 5.97 Å². The first-order valence-electron chi connectivity index (χ1n) is 5.54. The van der Waals surface area contributed by atoms with Gasteiger partial charge in [-0.25, -0.2) is 9.78 Å². The number of aromatic carboxylic acids is 1. The van der Waals surface area contributed by atoms with Crippen LogP contribution in [-0.4, -0.2) is 16.1 Å². The molecule has 0 bridgehead atoms. The standard InChI is InChI=1S/C14H8BrNO3/c15-10-4-2-1-3-9(10)13-16-11-7-8(14(17)18)5-6-12(11)19-13/h1-7H,(H,17,18). The van der Waals surface area contributed by atoms with Crippen molar-refractivity contribution in [2.75, 3.05) is 0 Å². The van der Waals surface area contributed by atoms with Crippen LogP contribution in [0.15, 0.2) is 51.4 Å². The van der Waals surface area contributed by atoms with E-state index >= 15 is 0 Å². The largest absolute Gasteiger partial charge is 0.478 e. The lowest BCUT2D eigenvalue weighted by Crippen LogP contribution is -1.94. The van der Waals surface area contributed by atoms with Gasteiger partial charge in [-0.3, -0.25) is 0 Å². The Labute approximate surface area is 116 Å². The van der Waals surface area contributed by atoms with Gasteiger partial charge < -0.3 is 9.52 Å². The summed E-state index contributed by atoms with van der Waals surface area (Å²) in [7, 11) is 0. The molecule has 0 aliphatic rings. The molecule has 1 heterocycles. The summed E-state index contributed by atoms with van der Waals surface area (Å²) in [6, 6.07) is 12.2. The highest BCUT2D eigenvalue weighted by atomic mass is 79.9. The highest BCUT2D eigenvalue weighted by molar-refractivity contribution is 9.10. The van der Waals surface area contributed by atoms with Gasteiger partial charge in [0.2, 0.25) is 5.89 Å². The molecule has 0 aliphatic heterocycles. The lowest BCUT2D eigenvalue weighted by Gasteiger charge is -1.97. The molecule has 0 saturated heterocycles. The second-order valence-electron chi connectivity index (χ2n) is 3.99. The van der Waals surface area contributed by atoms with Crippen LogP contribution in [0.3, 0.4) is 0 Å². The van der Waals surface area contributed by atoms with E-state index in [1.807, 2.05) is 24.3 Å². The lowest BCUT2D eigenvalue weighted by molar-refractivity contribution is 0.0697. The van der Waals surface area contributed by atoms with E-state index in [0.717, 1.165) is 10.0 Å². The fourth-order valence-corrected chi connectivity index (χ4v) is 2.26. The van der Waals surface area contributed by atoms with Crippen LogP contribution in [0.25, 0.3) is 22.6 Å². The SMILES string of the molecule is O=C(O)c1ccc2oc(-c3ccccc3Br)nc2c1. The van der Waals surface area contributed by atoms with Crippen LogP contribution in [0.1, 0.15) is 10.4 Å². The molecule has 3 rings (SSSR count). The van der Waals surface area contributed by atoms with Crippen LogP contribution in [-0.2, 0) is 0 Å². The topological polar surface area (TPSA) is 63.3 Å². The third kappa shape index (κ3) is 2.13. The minimum absolute atomic E-state index is 0.194. The number of nitrogens with zero attached hydrogens (tertiary/aromatic N) is 1. The maximum atomic E-state index is 10.9. The third-order valence-electron chi connectivity index (χ3n) is 2.74. The van der Waals surface area contributed by atoms with E-state index in [0.29, 0.717) is 17.0 Å². The zero-order valence-corrected chi connectivity index (χ0v) is 11.2. The molecule has 0 spiro atoms. The molecule has 1 aromatic heterocycles. The van der Waals surface area contributed by atoms with Crippen molar-refractivity contribution < 1.29 is 14.3 Å². The quantitative estimate of drug-likeness (QED) is 0.777. The van der Waals surface area contributed by atoms with Crippen molar-refractivity contribution in [1.29, 1.82) is 0 Å². The summed E-state index contributed by atoms with van der Waals surface area (Å²) in [6.45, 7) is 0. The van der Waals surface area contributed by atoms with Gasteiger partial charge in [0.05, 0.1) is 11.1 Å². The Morgan fingerprint density at radius 1 is 1.21 bits per heavy atom. The molecule has 0 radical (unpaired) electrons. The summed E-state index contributed by atoms with van der Waals surface area (Å²) >= 11 is 3.43. The fraction of sp³-hybridized carbons (Fsp3) is 0. The van der Waals surface area contributed by atoms with Crippen LogP contribution in [0, 0.1) is 0 Å². The minimum atomic E-state index is -0.979. The van der Waals surface area contributed by atoms with E-state index in [9.17, 15) is 4.79 Å². The van der Waals surface area contributed by atoms with Crippen molar-refractivity contribution >= 4 is 33.0 Å². The number of oxazole rings is 1. The Morgan fingerprint density at radius 3 is 2.74 bits per heavy atom. The number of fused-ring (bicyclic) bond motifs is 1. The van der Waals surface area contributed by atoms with Crippen LogP contribution >= 0.6 is 15.9 Å². The van der Waals surface area contributed by atoms with Gasteiger partial charge in [-0.1, -0.05) is 12.1 Å². The van der Waals surface area contributed by atoms with E-state index in [1.165, 1.54) is 12.1 Å². The Kier molecular flexibility index (Phi) is 2.83. The van der Waals surface area contributed by atoms with E-state index in [-0.39, 0.29) is 5.56 Å². The molecule has 19 heavy (non-hydrogen) atoms. The fourth-order valence-electron chi connectivity index (χ4n) is 1.81. The number of aromatic nitrogens is 1. The molecule has 2 aromatic carbocycles. The predicted octanol–water partition coefficient (Wildman–Crippen LogP) is 3.96. The first kappa shape index (κ1) is 11.9. The molecule has 0 aliphatic carbocycles. The molecular weight excluding hydrogens is 310 g/mol. The van der Waals surface area contributed by atoms with E-state index in [1.54, 1.807) is 6.07 Å². The zero-order valence-electron chi connectivity index (χ0n) is 9.63. The number of carbonyl (C=O) groups is 1. The molecule has 5 heteroatoms. The first-order chi connectivity index (χ1) is 9.15. The van der Waals surface area contributed by atoms with Gasteiger partial charge in [0.1, 0.15) is 5.52 Å². The Bertz CT molecular complexity index is 779. The molecule has 0 amide bonds. The van der Waals surface area contributed by atoms with Gasteiger partial charge in [-0.15, -0.1) is 0 Å². The van der Waals surface area contributed by atoms with E-state index < -0.39 is 5.97 Å². The van der Waals surface area contributed by atoms with E-state index in [2.05, 4.69) is 20.9 Å². The van der Waals surface area contributed by atoms with Crippen molar-refractivity contribution in [2.24, 2.45) is 0 Å². The Morgan fingerprint density at radius 2 is 2.00 bits per heavy atom. The number of hydrogen-bond acceptors (Lipinski definition) is 3. The van der Waals surface area contributed by atoms with Crippen LogP contribution in [0.4, 0.5) is 0 Å². The second kappa shape index (κ2) is 4.51. The maximum absolute atomic E-state index is 10.9. The smallest absolute Gasteiger partial charge is 0.335 e. The van der Waals surface area contributed by atoms with Gasteiger partial charge in [-0.2, -0.15) is 0 Å². The molecule has 0 atom stereocenters. The van der Waals surface area contributed by atoms with Gasteiger partial charge in [0, 0.05) is 4.47 Å². The molecule has 3 aromatic rings. The number of rotatable bonds is 2. The molecular formula is C14H8BrNO3. The molecule has 4 nitrogen and oxygen atoms in total. The normalized spacial score (nSPS) is 10.8. The molecule has 0 unspecified atom stereocenters. The number of carboxylic acid groups (broad SMARTS) is 1. The highest BCUT2D eigenvalue weighted by Crippen LogP contribution is 2.30. The van der Waals surface area contributed by atoms with E-state index in [4.69, 9.17) is 9.52 Å². The first-order valence-corrected chi connectivity index (χ1v) is 6.33. The van der Waals surface area contributed by atoms with Gasteiger partial charge in [-0.05, 0) is 46.3 Å². The Balaban J connectivity index is 2.17. The monoisotopic (exact) mass is 317 g/mol. The number of hydrogen-bond donors (Lipinski definition) is 1. The highest BCUT2D eigenvalue weighted by Gasteiger charge is 2.12. The average Bonchev–Trinajstić information content (AvgIpc) is 2.81. The summed E-state index contributed by atoms with van der Waals surface area (Å²) < 4.78 is 6.51. The maximum Gasteiger partial charge on any atom is 0.335 e. The van der Waals surface area contributed by atoms with Crippen molar-refractivity contribution in [3.63, 3.8) is 0 Å². The second-order valence-corrected chi connectivity index (χ2v) is 4.84. The van der Waals surface area contributed by atoms with Gasteiger partial charge in [0.15, 0.2) is 5.58 Å². The Hall–Kier alpha value is -2.14. The summed E-state index contributed by atoms with van der Waals surface area (Å²) in [5, 5.41) is 8.95. The molecule has 1 N–H and O–H groups in total.